The highest BCUT2D eigenvalue weighted by Gasteiger charge is 2.04. The van der Waals surface area contributed by atoms with Crippen molar-refractivity contribution in [1.82, 2.24) is 15.0 Å². The number of rotatable bonds is 2. The van der Waals surface area contributed by atoms with Crippen LogP contribution < -0.4 is 5.32 Å². The summed E-state index contributed by atoms with van der Waals surface area (Å²) in [4.78, 5) is 23.6. The molecule has 0 aliphatic heterocycles. The number of carbonyl (C=O) groups is 1. The van der Waals surface area contributed by atoms with Crippen molar-refractivity contribution >= 4 is 22.8 Å². The quantitative estimate of drug-likeness (QED) is 0.772. The molecule has 5 heteroatoms. The normalized spacial score (nSPS) is 10.4. The van der Waals surface area contributed by atoms with Crippen LogP contribution in [0.3, 0.4) is 0 Å². The van der Waals surface area contributed by atoms with E-state index in [-0.39, 0.29) is 5.91 Å². The lowest BCUT2D eigenvalue weighted by Gasteiger charge is -2.05. The second kappa shape index (κ2) is 5.05. The zero-order chi connectivity index (χ0) is 13.9. The SMILES string of the molecule is CC(=O)Nc1ncc2ccc(-c3cccnc3)cc2n1. The highest BCUT2D eigenvalue weighted by molar-refractivity contribution is 5.89. The zero-order valence-electron chi connectivity index (χ0n) is 10.9. The van der Waals surface area contributed by atoms with Crippen molar-refractivity contribution < 1.29 is 4.79 Å². The molecule has 1 amide bonds. The molecule has 0 saturated carbocycles. The minimum Gasteiger partial charge on any atom is -0.295 e. The lowest BCUT2D eigenvalue weighted by atomic mass is 10.1. The summed E-state index contributed by atoms with van der Waals surface area (Å²) in [5.41, 5.74) is 2.83. The first-order chi connectivity index (χ1) is 9.72. The van der Waals surface area contributed by atoms with E-state index >= 15 is 0 Å². The third kappa shape index (κ3) is 2.47. The summed E-state index contributed by atoms with van der Waals surface area (Å²) >= 11 is 0. The van der Waals surface area contributed by atoms with Crippen LogP contribution in [0.1, 0.15) is 6.92 Å². The molecule has 5 nitrogen and oxygen atoms in total. The van der Waals surface area contributed by atoms with Crippen molar-refractivity contribution in [3.8, 4) is 11.1 Å². The monoisotopic (exact) mass is 264 g/mol. The molecule has 0 atom stereocenters. The zero-order valence-corrected chi connectivity index (χ0v) is 10.9. The van der Waals surface area contributed by atoms with E-state index in [1.807, 2.05) is 30.3 Å². The lowest BCUT2D eigenvalue weighted by Crippen LogP contribution is -2.08. The van der Waals surface area contributed by atoms with Crippen LogP contribution in [-0.4, -0.2) is 20.9 Å². The average Bonchev–Trinajstić information content (AvgIpc) is 2.47. The molecular formula is C15H12N4O. The van der Waals surface area contributed by atoms with Crippen LogP contribution in [0.2, 0.25) is 0 Å². The molecule has 20 heavy (non-hydrogen) atoms. The predicted octanol–water partition coefficient (Wildman–Crippen LogP) is 2.65. The van der Waals surface area contributed by atoms with Gasteiger partial charge in [-0.15, -0.1) is 0 Å². The van der Waals surface area contributed by atoms with Crippen LogP contribution in [0.15, 0.2) is 48.9 Å². The van der Waals surface area contributed by atoms with E-state index < -0.39 is 0 Å². The Morgan fingerprint density at radius 3 is 2.80 bits per heavy atom. The Hall–Kier alpha value is -2.82. The van der Waals surface area contributed by atoms with E-state index in [2.05, 4.69) is 20.3 Å². The van der Waals surface area contributed by atoms with Gasteiger partial charge in [0.25, 0.3) is 0 Å². The molecule has 98 valence electrons. The number of hydrogen-bond donors (Lipinski definition) is 1. The summed E-state index contributed by atoms with van der Waals surface area (Å²) in [6, 6.07) is 9.79. The Morgan fingerprint density at radius 1 is 1.15 bits per heavy atom. The fraction of sp³-hybridized carbons (Fsp3) is 0.0667. The Bertz CT molecular complexity index is 771. The number of nitrogens with zero attached hydrogens (tertiary/aromatic N) is 3. The van der Waals surface area contributed by atoms with Crippen LogP contribution in [0.25, 0.3) is 22.0 Å². The maximum absolute atomic E-state index is 11.0. The van der Waals surface area contributed by atoms with Gasteiger partial charge in [-0.1, -0.05) is 18.2 Å². The summed E-state index contributed by atoms with van der Waals surface area (Å²) in [7, 11) is 0. The number of aromatic nitrogens is 3. The van der Waals surface area contributed by atoms with Crippen LogP contribution in [-0.2, 0) is 4.79 Å². The summed E-state index contributed by atoms with van der Waals surface area (Å²) in [6.07, 6.45) is 5.24. The van der Waals surface area contributed by atoms with Gasteiger partial charge in [0, 0.05) is 36.5 Å². The van der Waals surface area contributed by atoms with Gasteiger partial charge in [-0.25, -0.2) is 9.97 Å². The number of pyridine rings is 1. The molecule has 3 rings (SSSR count). The number of anilines is 1. The molecule has 0 aliphatic rings. The molecule has 0 spiro atoms. The smallest absolute Gasteiger partial charge is 0.229 e. The van der Waals surface area contributed by atoms with Crippen molar-refractivity contribution in [3.63, 3.8) is 0 Å². The summed E-state index contributed by atoms with van der Waals surface area (Å²) in [5.74, 6) is 0.126. The number of amides is 1. The molecule has 0 fully saturated rings. The van der Waals surface area contributed by atoms with E-state index in [1.165, 1.54) is 6.92 Å². The summed E-state index contributed by atoms with van der Waals surface area (Å²) in [5, 5.41) is 3.51. The Balaban J connectivity index is 2.07. The third-order valence-electron chi connectivity index (χ3n) is 2.87. The number of hydrogen-bond acceptors (Lipinski definition) is 4. The molecule has 3 aromatic rings. The summed E-state index contributed by atoms with van der Waals surface area (Å²) < 4.78 is 0. The Labute approximate surface area is 115 Å². The van der Waals surface area contributed by atoms with E-state index in [4.69, 9.17) is 0 Å². The molecule has 0 saturated heterocycles. The van der Waals surface area contributed by atoms with Gasteiger partial charge in [-0.2, -0.15) is 0 Å². The molecule has 0 bridgehead atoms. The highest BCUT2D eigenvalue weighted by atomic mass is 16.1. The van der Waals surface area contributed by atoms with Crippen LogP contribution in [0.4, 0.5) is 5.95 Å². The first-order valence-corrected chi connectivity index (χ1v) is 6.17. The number of carbonyl (C=O) groups excluding carboxylic acids is 1. The van der Waals surface area contributed by atoms with Crippen LogP contribution >= 0.6 is 0 Å². The number of fused-ring (bicyclic) bond motifs is 1. The van der Waals surface area contributed by atoms with Crippen molar-refractivity contribution in [2.24, 2.45) is 0 Å². The fourth-order valence-electron chi connectivity index (χ4n) is 1.95. The first-order valence-electron chi connectivity index (χ1n) is 6.17. The lowest BCUT2D eigenvalue weighted by molar-refractivity contribution is -0.114. The van der Waals surface area contributed by atoms with E-state index in [9.17, 15) is 4.79 Å². The highest BCUT2D eigenvalue weighted by Crippen LogP contribution is 2.22. The number of benzene rings is 1. The van der Waals surface area contributed by atoms with Gasteiger partial charge in [0.2, 0.25) is 11.9 Å². The van der Waals surface area contributed by atoms with Gasteiger partial charge in [0.05, 0.1) is 5.52 Å². The van der Waals surface area contributed by atoms with Crippen LogP contribution in [0, 0.1) is 0 Å². The van der Waals surface area contributed by atoms with Crippen molar-refractivity contribution in [2.75, 3.05) is 5.32 Å². The Kier molecular flexibility index (Phi) is 3.09. The van der Waals surface area contributed by atoms with Gasteiger partial charge < -0.3 is 0 Å². The predicted molar refractivity (Wildman–Crippen MR) is 77.1 cm³/mol. The molecule has 2 heterocycles. The van der Waals surface area contributed by atoms with Gasteiger partial charge >= 0.3 is 0 Å². The third-order valence-corrected chi connectivity index (χ3v) is 2.87. The Morgan fingerprint density at radius 2 is 2.05 bits per heavy atom. The molecule has 1 aromatic carbocycles. The first kappa shape index (κ1) is 12.2. The summed E-state index contributed by atoms with van der Waals surface area (Å²) in [6.45, 7) is 1.43. The number of nitrogens with one attached hydrogen (secondary N) is 1. The molecule has 2 aromatic heterocycles. The minimum atomic E-state index is -0.187. The maximum atomic E-state index is 11.0. The van der Waals surface area contributed by atoms with Crippen molar-refractivity contribution in [1.29, 1.82) is 0 Å². The van der Waals surface area contributed by atoms with E-state index in [0.29, 0.717) is 5.95 Å². The largest absolute Gasteiger partial charge is 0.295 e. The standard InChI is InChI=1S/C15H12N4O/c1-10(20)18-15-17-9-13-5-4-11(7-14(13)19-15)12-3-2-6-16-8-12/h2-9H,1H3,(H,17,18,19,20). The average molecular weight is 264 g/mol. The van der Waals surface area contributed by atoms with Gasteiger partial charge in [0.1, 0.15) is 0 Å². The minimum absolute atomic E-state index is 0.187. The van der Waals surface area contributed by atoms with E-state index in [0.717, 1.165) is 22.0 Å². The van der Waals surface area contributed by atoms with Crippen molar-refractivity contribution in [2.45, 2.75) is 6.92 Å². The maximum Gasteiger partial charge on any atom is 0.229 e. The second-order valence-electron chi connectivity index (χ2n) is 4.39. The van der Waals surface area contributed by atoms with Gasteiger partial charge in [-0.05, 0) is 17.7 Å². The fourth-order valence-corrected chi connectivity index (χ4v) is 1.95. The second-order valence-corrected chi connectivity index (χ2v) is 4.39. The van der Waals surface area contributed by atoms with E-state index in [1.54, 1.807) is 18.6 Å². The van der Waals surface area contributed by atoms with Crippen molar-refractivity contribution in [3.05, 3.63) is 48.9 Å². The van der Waals surface area contributed by atoms with Gasteiger partial charge in [0.15, 0.2) is 0 Å². The molecule has 0 unspecified atom stereocenters. The molecule has 1 N–H and O–H groups in total. The molecular weight excluding hydrogens is 252 g/mol. The van der Waals surface area contributed by atoms with Crippen LogP contribution in [0.5, 0.6) is 0 Å². The molecule has 0 aliphatic carbocycles. The van der Waals surface area contributed by atoms with Gasteiger partial charge in [-0.3, -0.25) is 15.1 Å². The topological polar surface area (TPSA) is 67.8 Å². The molecule has 0 radical (unpaired) electrons.